The lowest BCUT2D eigenvalue weighted by atomic mass is 10.1. The van der Waals surface area contributed by atoms with E-state index >= 15 is 0 Å². The predicted molar refractivity (Wildman–Crippen MR) is 97.5 cm³/mol. The van der Waals surface area contributed by atoms with Crippen LogP contribution in [0.25, 0.3) is 0 Å². The van der Waals surface area contributed by atoms with Crippen molar-refractivity contribution in [2.45, 2.75) is 52.4 Å². The lowest BCUT2D eigenvalue weighted by molar-refractivity contribution is -0.146. The highest BCUT2D eigenvalue weighted by atomic mass is 16.5. The van der Waals surface area contributed by atoms with Crippen molar-refractivity contribution >= 4 is 5.97 Å². The van der Waals surface area contributed by atoms with Crippen LogP contribution >= 0.6 is 0 Å². The topological polar surface area (TPSA) is 26.3 Å². The van der Waals surface area contributed by atoms with E-state index < -0.39 is 0 Å². The maximum atomic E-state index is 11.2. The molecule has 0 saturated heterocycles. The summed E-state index contributed by atoms with van der Waals surface area (Å²) in [5, 5.41) is 0. The summed E-state index contributed by atoms with van der Waals surface area (Å²) in [4.78, 5) is 11.2. The molecule has 0 radical (unpaired) electrons. The largest absolute Gasteiger partial charge is 0.461 e. The standard InChI is InChI=1S/C21H28O2/c1-4-5-6-7-8-9-10-11-12-13-14-15-16-17-18-19-23-21(22)20(2)3/h4,10-11,17-18,20H,1,5-9,12,19H2,2-3H3. The van der Waals surface area contributed by atoms with Crippen LogP contribution in [0.2, 0.25) is 0 Å². The Hall–Kier alpha value is -2.19. The fourth-order valence-electron chi connectivity index (χ4n) is 1.56. The number of rotatable bonds is 10. The quantitative estimate of drug-likeness (QED) is 0.250. The minimum atomic E-state index is -0.199. The van der Waals surface area contributed by atoms with Gasteiger partial charge in [-0.25, -0.2) is 0 Å². The van der Waals surface area contributed by atoms with Crippen LogP contribution in [0.5, 0.6) is 0 Å². The Balaban J connectivity index is 3.65. The lowest BCUT2D eigenvalue weighted by Gasteiger charge is -2.02. The van der Waals surface area contributed by atoms with E-state index in [1.165, 1.54) is 19.3 Å². The van der Waals surface area contributed by atoms with Gasteiger partial charge in [0.05, 0.1) is 5.92 Å². The van der Waals surface area contributed by atoms with Crippen LogP contribution in [-0.2, 0) is 9.53 Å². The Kier molecular flexibility index (Phi) is 14.6. The normalized spacial score (nSPS) is 10.2. The van der Waals surface area contributed by atoms with Gasteiger partial charge in [0, 0.05) is 6.42 Å². The third kappa shape index (κ3) is 16.0. The smallest absolute Gasteiger partial charge is 0.308 e. The first kappa shape index (κ1) is 20.8. The Morgan fingerprint density at radius 3 is 2.61 bits per heavy atom. The second-order valence-electron chi connectivity index (χ2n) is 5.36. The summed E-state index contributed by atoms with van der Waals surface area (Å²) in [5.74, 6) is 11.0. The number of allylic oxidation sites excluding steroid dienone is 4. The van der Waals surface area contributed by atoms with Crippen molar-refractivity contribution in [3.8, 4) is 23.7 Å². The third-order valence-corrected chi connectivity index (χ3v) is 2.88. The molecule has 0 aromatic rings. The summed E-state index contributed by atoms with van der Waals surface area (Å²) in [5.41, 5.74) is 0. The van der Waals surface area contributed by atoms with Crippen LogP contribution in [0, 0.1) is 29.6 Å². The van der Waals surface area contributed by atoms with Gasteiger partial charge in [-0.05, 0) is 49.7 Å². The molecule has 0 aromatic heterocycles. The summed E-state index contributed by atoms with van der Waals surface area (Å²) in [6.07, 6.45) is 16.3. The molecule has 124 valence electrons. The zero-order valence-electron chi connectivity index (χ0n) is 14.4. The van der Waals surface area contributed by atoms with Gasteiger partial charge in [-0.15, -0.1) is 6.58 Å². The Labute approximate surface area is 141 Å². The molecule has 0 unspecified atom stereocenters. The number of ether oxygens (including phenoxy) is 1. The highest BCUT2D eigenvalue weighted by molar-refractivity contribution is 5.71. The lowest BCUT2D eigenvalue weighted by Crippen LogP contribution is -2.11. The molecule has 0 saturated carbocycles. The Morgan fingerprint density at radius 2 is 1.87 bits per heavy atom. The van der Waals surface area contributed by atoms with Gasteiger partial charge in [0.2, 0.25) is 0 Å². The molecular formula is C21H28O2. The van der Waals surface area contributed by atoms with Gasteiger partial charge in [-0.1, -0.05) is 50.3 Å². The summed E-state index contributed by atoms with van der Waals surface area (Å²) >= 11 is 0. The van der Waals surface area contributed by atoms with E-state index in [4.69, 9.17) is 4.74 Å². The van der Waals surface area contributed by atoms with E-state index in [1.807, 2.05) is 6.08 Å². The number of hydrogen-bond donors (Lipinski definition) is 0. The molecule has 0 atom stereocenters. The van der Waals surface area contributed by atoms with E-state index in [0.717, 1.165) is 19.3 Å². The van der Waals surface area contributed by atoms with Crippen molar-refractivity contribution in [2.75, 3.05) is 6.61 Å². The molecule has 0 amide bonds. The van der Waals surface area contributed by atoms with Crippen molar-refractivity contribution in [1.29, 1.82) is 0 Å². The van der Waals surface area contributed by atoms with Gasteiger partial charge in [0.25, 0.3) is 0 Å². The van der Waals surface area contributed by atoms with Crippen LogP contribution < -0.4 is 0 Å². The summed E-state index contributed by atoms with van der Waals surface area (Å²) < 4.78 is 4.97. The number of carbonyl (C=O) groups is 1. The maximum absolute atomic E-state index is 11.2. The van der Waals surface area contributed by atoms with Crippen molar-refractivity contribution in [3.63, 3.8) is 0 Å². The average molecular weight is 312 g/mol. The summed E-state index contributed by atoms with van der Waals surface area (Å²) in [6, 6.07) is 0. The summed E-state index contributed by atoms with van der Waals surface area (Å²) in [6.45, 7) is 7.58. The summed E-state index contributed by atoms with van der Waals surface area (Å²) in [7, 11) is 0. The molecular weight excluding hydrogens is 284 g/mol. The van der Waals surface area contributed by atoms with Crippen LogP contribution in [0.1, 0.15) is 52.4 Å². The van der Waals surface area contributed by atoms with Gasteiger partial charge < -0.3 is 4.74 Å². The van der Waals surface area contributed by atoms with Crippen molar-refractivity contribution in [3.05, 3.63) is 37.0 Å². The van der Waals surface area contributed by atoms with Crippen LogP contribution in [0.3, 0.4) is 0 Å². The van der Waals surface area contributed by atoms with Gasteiger partial charge in [0.15, 0.2) is 0 Å². The first-order valence-electron chi connectivity index (χ1n) is 8.24. The average Bonchev–Trinajstić information content (AvgIpc) is 2.54. The van der Waals surface area contributed by atoms with Gasteiger partial charge in [-0.3, -0.25) is 4.79 Å². The number of unbranched alkanes of at least 4 members (excludes halogenated alkanes) is 4. The molecule has 23 heavy (non-hydrogen) atoms. The first-order chi connectivity index (χ1) is 11.2. The number of hydrogen-bond acceptors (Lipinski definition) is 2. The zero-order chi connectivity index (χ0) is 17.2. The van der Waals surface area contributed by atoms with Crippen molar-refractivity contribution in [1.82, 2.24) is 0 Å². The van der Waals surface area contributed by atoms with E-state index in [0.29, 0.717) is 0 Å². The van der Waals surface area contributed by atoms with Gasteiger partial charge in [-0.2, -0.15) is 0 Å². The SMILES string of the molecule is C=CCCCCCC=CCC#CC#CC=CCOC(=O)C(C)C. The molecule has 2 nitrogen and oxygen atoms in total. The molecule has 0 bridgehead atoms. The molecule has 0 rings (SSSR count). The number of esters is 1. The Bertz CT molecular complexity index is 501. The second kappa shape index (κ2) is 16.2. The predicted octanol–water partition coefficient (Wildman–Crippen LogP) is 4.83. The van der Waals surface area contributed by atoms with Crippen molar-refractivity contribution in [2.24, 2.45) is 5.92 Å². The molecule has 2 heteroatoms. The minimum absolute atomic E-state index is 0.0967. The first-order valence-corrected chi connectivity index (χ1v) is 8.24. The fourth-order valence-corrected chi connectivity index (χ4v) is 1.56. The van der Waals surface area contributed by atoms with Crippen LogP contribution in [0.4, 0.5) is 0 Å². The molecule has 0 aliphatic carbocycles. The molecule has 0 aromatic carbocycles. The van der Waals surface area contributed by atoms with Gasteiger partial charge >= 0.3 is 5.97 Å². The molecule has 0 aliphatic heterocycles. The number of carbonyl (C=O) groups excluding carboxylic acids is 1. The van der Waals surface area contributed by atoms with Crippen molar-refractivity contribution < 1.29 is 9.53 Å². The van der Waals surface area contributed by atoms with E-state index in [9.17, 15) is 4.79 Å². The van der Waals surface area contributed by atoms with E-state index in [-0.39, 0.29) is 18.5 Å². The second-order valence-corrected chi connectivity index (χ2v) is 5.36. The minimum Gasteiger partial charge on any atom is -0.461 e. The fraction of sp³-hybridized carbons (Fsp3) is 0.476. The van der Waals surface area contributed by atoms with E-state index in [2.05, 4.69) is 42.4 Å². The van der Waals surface area contributed by atoms with Crippen LogP contribution in [0.15, 0.2) is 37.0 Å². The van der Waals surface area contributed by atoms with E-state index in [1.54, 1.807) is 26.0 Å². The van der Waals surface area contributed by atoms with Crippen LogP contribution in [-0.4, -0.2) is 12.6 Å². The zero-order valence-corrected chi connectivity index (χ0v) is 14.4. The molecule has 0 N–H and O–H groups in total. The maximum Gasteiger partial charge on any atom is 0.308 e. The molecule has 0 fully saturated rings. The highest BCUT2D eigenvalue weighted by Crippen LogP contribution is 2.03. The monoisotopic (exact) mass is 312 g/mol. The molecule has 0 spiro atoms. The third-order valence-electron chi connectivity index (χ3n) is 2.88. The molecule has 0 heterocycles. The van der Waals surface area contributed by atoms with Gasteiger partial charge in [0.1, 0.15) is 6.61 Å². The Morgan fingerprint density at radius 1 is 1.09 bits per heavy atom. The molecule has 0 aliphatic rings. The highest BCUT2D eigenvalue weighted by Gasteiger charge is 2.05.